The molecule has 0 aromatic heterocycles. The first-order chi connectivity index (χ1) is 15.2. The van der Waals surface area contributed by atoms with Crippen LogP contribution >= 0.6 is 0 Å². The van der Waals surface area contributed by atoms with Crippen molar-refractivity contribution in [3.63, 3.8) is 0 Å². The summed E-state index contributed by atoms with van der Waals surface area (Å²) in [6, 6.07) is 11.6. The fourth-order valence-electron chi connectivity index (χ4n) is 2.35. The molecule has 0 aliphatic rings. The predicted molar refractivity (Wildman–Crippen MR) is 113 cm³/mol. The van der Waals surface area contributed by atoms with Gasteiger partial charge in [-0.05, 0) is 55.5 Å². The Kier molecular flexibility index (Phi) is 8.23. The molecule has 10 nitrogen and oxygen atoms in total. The van der Waals surface area contributed by atoms with Gasteiger partial charge in [0.15, 0.2) is 6.61 Å². The van der Waals surface area contributed by atoms with Crippen LogP contribution in [0.4, 0.5) is 11.4 Å². The van der Waals surface area contributed by atoms with Crippen molar-refractivity contribution in [3.05, 3.63) is 71.3 Å². The molecule has 0 saturated heterocycles. The van der Waals surface area contributed by atoms with Crippen LogP contribution in [0, 0.1) is 0 Å². The number of esters is 2. The van der Waals surface area contributed by atoms with Crippen molar-refractivity contribution in [2.75, 3.05) is 24.4 Å². The van der Waals surface area contributed by atoms with Gasteiger partial charge in [0.2, 0.25) is 5.91 Å². The minimum atomic E-state index is -1.21. The Bertz CT molecular complexity index is 1060. The molecule has 0 atom stereocenters. The van der Waals surface area contributed by atoms with Gasteiger partial charge >= 0.3 is 17.9 Å². The number of benzene rings is 2. The highest BCUT2D eigenvalue weighted by molar-refractivity contribution is 6.04. The van der Waals surface area contributed by atoms with Crippen LogP contribution in [-0.2, 0) is 23.9 Å². The summed E-state index contributed by atoms with van der Waals surface area (Å²) in [4.78, 5) is 57.9. The fraction of sp³-hybridized carbons (Fsp3) is 0.136. The largest absolute Gasteiger partial charge is 0.478 e. The minimum Gasteiger partial charge on any atom is -0.478 e. The van der Waals surface area contributed by atoms with Crippen molar-refractivity contribution >= 4 is 41.1 Å². The zero-order chi connectivity index (χ0) is 23.7. The summed E-state index contributed by atoms with van der Waals surface area (Å²) in [5, 5.41) is 13.7. The van der Waals surface area contributed by atoms with Gasteiger partial charge in [-0.3, -0.25) is 9.59 Å². The number of nitrogens with one attached hydrogen (secondary N) is 2. The average Bonchev–Trinajstić information content (AvgIpc) is 2.77. The Morgan fingerprint density at radius 1 is 0.844 bits per heavy atom. The number of carboxylic acids is 1. The first-order valence-corrected chi connectivity index (χ1v) is 9.17. The second-order valence-corrected chi connectivity index (χ2v) is 6.39. The highest BCUT2D eigenvalue weighted by atomic mass is 16.5. The molecule has 0 unspecified atom stereocenters. The van der Waals surface area contributed by atoms with Crippen molar-refractivity contribution in [2.45, 2.75) is 6.92 Å². The molecule has 0 fully saturated rings. The number of amides is 2. The first kappa shape index (κ1) is 23.8. The van der Waals surface area contributed by atoms with E-state index in [4.69, 9.17) is 9.84 Å². The van der Waals surface area contributed by atoms with Gasteiger partial charge in [-0.1, -0.05) is 0 Å². The summed E-state index contributed by atoms with van der Waals surface area (Å²) < 4.78 is 9.54. The topological polar surface area (TPSA) is 148 Å². The van der Waals surface area contributed by atoms with Crippen LogP contribution in [0.2, 0.25) is 0 Å². The average molecular weight is 440 g/mol. The maximum atomic E-state index is 12.1. The monoisotopic (exact) mass is 440 g/mol. The maximum Gasteiger partial charge on any atom is 0.338 e. The number of aliphatic carboxylic acids is 1. The summed E-state index contributed by atoms with van der Waals surface area (Å²) in [5.41, 5.74) is 1.10. The van der Waals surface area contributed by atoms with E-state index in [1.807, 2.05) is 0 Å². The lowest BCUT2D eigenvalue weighted by molar-refractivity contribution is -0.132. The van der Waals surface area contributed by atoms with Gasteiger partial charge in [-0.25, -0.2) is 14.4 Å². The molecular formula is C22H20N2O8. The van der Waals surface area contributed by atoms with E-state index in [2.05, 4.69) is 15.4 Å². The molecule has 3 N–H and O–H groups in total. The van der Waals surface area contributed by atoms with Crippen molar-refractivity contribution in [2.24, 2.45) is 0 Å². The Labute approximate surface area is 182 Å². The number of rotatable bonds is 8. The van der Waals surface area contributed by atoms with Crippen LogP contribution in [0.5, 0.6) is 0 Å². The second-order valence-electron chi connectivity index (χ2n) is 6.39. The van der Waals surface area contributed by atoms with Gasteiger partial charge < -0.3 is 25.2 Å². The van der Waals surface area contributed by atoms with Crippen molar-refractivity contribution in [1.82, 2.24) is 0 Å². The third-order valence-corrected chi connectivity index (χ3v) is 4.00. The highest BCUT2D eigenvalue weighted by Crippen LogP contribution is 2.12. The smallest absolute Gasteiger partial charge is 0.338 e. The van der Waals surface area contributed by atoms with Crippen LogP contribution in [0.1, 0.15) is 27.6 Å². The van der Waals surface area contributed by atoms with Gasteiger partial charge in [0, 0.05) is 23.0 Å². The number of carbonyl (C=O) groups is 5. The lowest BCUT2D eigenvalue weighted by Gasteiger charge is -2.08. The molecule has 0 aliphatic carbocycles. The van der Waals surface area contributed by atoms with Gasteiger partial charge in [0.25, 0.3) is 5.91 Å². The number of methoxy groups -OCH3 is 1. The van der Waals surface area contributed by atoms with E-state index in [9.17, 15) is 24.0 Å². The molecule has 0 saturated carbocycles. The Balaban J connectivity index is 1.85. The number of hydrogen-bond acceptors (Lipinski definition) is 7. The lowest BCUT2D eigenvalue weighted by atomic mass is 10.2. The zero-order valence-electron chi connectivity index (χ0n) is 17.2. The maximum absolute atomic E-state index is 12.1. The third-order valence-electron chi connectivity index (χ3n) is 4.00. The van der Waals surface area contributed by atoms with E-state index >= 15 is 0 Å². The zero-order valence-corrected chi connectivity index (χ0v) is 17.2. The second kappa shape index (κ2) is 11.1. The van der Waals surface area contributed by atoms with E-state index in [-0.39, 0.29) is 11.1 Å². The lowest BCUT2D eigenvalue weighted by Crippen LogP contribution is -2.21. The molecule has 0 spiro atoms. The van der Waals surface area contributed by atoms with Crippen LogP contribution in [0.15, 0.2) is 60.2 Å². The molecule has 166 valence electrons. The molecular weight excluding hydrogens is 420 g/mol. The third kappa shape index (κ3) is 7.10. The SMILES string of the molecule is COC(=O)c1ccc(NC(=O)COC(=O)c2ccc(NC(=O)/C=C(/C)C(=O)O)cc2)cc1. The van der Waals surface area contributed by atoms with E-state index in [0.717, 1.165) is 6.08 Å². The van der Waals surface area contributed by atoms with Crippen molar-refractivity contribution in [3.8, 4) is 0 Å². The Hall–Kier alpha value is -4.47. The molecule has 0 bridgehead atoms. The van der Waals surface area contributed by atoms with Crippen LogP contribution in [0.25, 0.3) is 0 Å². The van der Waals surface area contributed by atoms with Crippen LogP contribution in [0.3, 0.4) is 0 Å². The van der Waals surface area contributed by atoms with E-state index < -0.39 is 36.3 Å². The Morgan fingerprint density at radius 3 is 1.84 bits per heavy atom. The van der Waals surface area contributed by atoms with Gasteiger partial charge in [-0.2, -0.15) is 0 Å². The van der Waals surface area contributed by atoms with Gasteiger partial charge in [0.1, 0.15) is 0 Å². The fourth-order valence-corrected chi connectivity index (χ4v) is 2.35. The molecule has 2 aromatic carbocycles. The highest BCUT2D eigenvalue weighted by Gasteiger charge is 2.12. The molecule has 32 heavy (non-hydrogen) atoms. The van der Waals surface area contributed by atoms with Crippen LogP contribution in [-0.4, -0.2) is 48.5 Å². The summed E-state index contributed by atoms with van der Waals surface area (Å²) >= 11 is 0. The van der Waals surface area contributed by atoms with Crippen molar-refractivity contribution < 1.29 is 38.6 Å². The summed E-state index contributed by atoms with van der Waals surface area (Å²) in [6.07, 6.45) is 0.937. The Morgan fingerprint density at radius 2 is 1.34 bits per heavy atom. The van der Waals surface area contributed by atoms with Gasteiger partial charge in [-0.15, -0.1) is 0 Å². The first-order valence-electron chi connectivity index (χ1n) is 9.17. The van der Waals surface area contributed by atoms with E-state index in [1.54, 1.807) is 0 Å². The molecule has 0 aliphatic heterocycles. The minimum absolute atomic E-state index is 0.125. The molecule has 0 radical (unpaired) electrons. The van der Waals surface area contributed by atoms with Crippen LogP contribution < -0.4 is 10.6 Å². The molecule has 2 aromatic rings. The van der Waals surface area contributed by atoms with E-state index in [1.165, 1.54) is 62.6 Å². The van der Waals surface area contributed by atoms with Gasteiger partial charge in [0.05, 0.1) is 18.2 Å². The number of carboxylic acid groups (broad SMARTS) is 1. The summed E-state index contributed by atoms with van der Waals surface area (Å²) in [6.45, 7) is 0.754. The summed E-state index contributed by atoms with van der Waals surface area (Å²) in [5.74, 6) is -3.67. The quantitative estimate of drug-likeness (QED) is 0.418. The number of ether oxygens (including phenoxy) is 2. The summed E-state index contributed by atoms with van der Waals surface area (Å²) in [7, 11) is 1.26. The normalized spacial score (nSPS) is 10.6. The van der Waals surface area contributed by atoms with Crippen molar-refractivity contribution in [1.29, 1.82) is 0 Å². The number of anilines is 2. The number of hydrogen-bond donors (Lipinski definition) is 3. The molecule has 10 heteroatoms. The standard InChI is InChI=1S/C22H20N2O8/c1-13(20(27)28)11-18(25)23-16-9-5-15(6-10-16)22(30)32-12-19(26)24-17-7-3-14(4-8-17)21(29)31-2/h3-11H,12H2,1-2H3,(H,23,25)(H,24,26)(H,27,28)/b13-11-. The predicted octanol–water partition coefficient (Wildman–Crippen LogP) is 2.24. The molecule has 2 amide bonds. The number of carbonyl (C=O) groups excluding carboxylic acids is 4. The molecule has 0 heterocycles. The van der Waals surface area contributed by atoms with E-state index in [0.29, 0.717) is 16.9 Å². The molecule has 2 rings (SSSR count).